The molecule has 0 bridgehead atoms. The zero-order valence-corrected chi connectivity index (χ0v) is 8.88. The van der Waals surface area contributed by atoms with Gasteiger partial charge in [-0.2, -0.15) is 0 Å². The molecule has 0 spiro atoms. The van der Waals surface area contributed by atoms with E-state index in [0.717, 1.165) is 0 Å². The highest BCUT2D eigenvalue weighted by Crippen LogP contribution is 2.21. The summed E-state index contributed by atoms with van der Waals surface area (Å²) in [5.74, 6) is -1.29. The third-order valence-corrected chi connectivity index (χ3v) is 2.20. The number of rotatable bonds is 3. The Labute approximate surface area is 92.0 Å². The van der Waals surface area contributed by atoms with Crippen LogP contribution in [0.25, 0.3) is 6.08 Å². The molecule has 0 unspecified atom stereocenters. The van der Waals surface area contributed by atoms with Crippen LogP contribution >= 0.6 is 11.6 Å². The smallest absolute Gasteiger partial charge is 0.307 e. The predicted octanol–water partition coefficient (Wildman–Crippen LogP) is 3.28. The van der Waals surface area contributed by atoms with Crippen molar-refractivity contribution in [2.45, 2.75) is 13.3 Å². The summed E-state index contributed by atoms with van der Waals surface area (Å²) in [5, 5.41) is 8.81. The molecule has 0 heterocycles. The van der Waals surface area contributed by atoms with E-state index in [0.29, 0.717) is 16.1 Å². The average molecular weight is 229 g/mol. The second-order valence-corrected chi connectivity index (χ2v) is 3.53. The van der Waals surface area contributed by atoms with E-state index in [2.05, 4.69) is 0 Å². The SMILES string of the molecule is Cc1cc(Cl)c(C=CCC(=O)O)cc1F. The number of benzene rings is 1. The standard InChI is InChI=1S/C11H10ClFO2/c1-7-5-9(12)8(6-10(7)13)3-2-4-11(14)15/h2-3,5-6H,4H2,1H3,(H,14,15). The normalized spacial score (nSPS) is 10.9. The predicted molar refractivity (Wildman–Crippen MR) is 57.4 cm³/mol. The molecule has 1 aromatic rings. The van der Waals surface area contributed by atoms with E-state index in [-0.39, 0.29) is 12.2 Å². The van der Waals surface area contributed by atoms with E-state index in [1.165, 1.54) is 24.3 Å². The molecule has 0 aromatic heterocycles. The molecule has 0 aliphatic heterocycles. The molecule has 0 aliphatic rings. The average Bonchev–Trinajstić information content (AvgIpc) is 2.13. The Morgan fingerprint density at radius 3 is 2.87 bits per heavy atom. The van der Waals surface area contributed by atoms with Gasteiger partial charge in [0.15, 0.2) is 0 Å². The van der Waals surface area contributed by atoms with Gasteiger partial charge in [0, 0.05) is 5.02 Å². The van der Waals surface area contributed by atoms with Crippen molar-refractivity contribution in [3.05, 3.63) is 40.2 Å². The Morgan fingerprint density at radius 1 is 1.60 bits per heavy atom. The lowest BCUT2D eigenvalue weighted by molar-refractivity contribution is -0.135. The van der Waals surface area contributed by atoms with Gasteiger partial charge in [0.25, 0.3) is 0 Å². The molecule has 2 nitrogen and oxygen atoms in total. The second-order valence-electron chi connectivity index (χ2n) is 3.12. The van der Waals surface area contributed by atoms with Crippen molar-refractivity contribution in [1.82, 2.24) is 0 Å². The van der Waals surface area contributed by atoms with Crippen LogP contribution in [0.3, 0.4) is 0 Å². The second kappa shape index (κ2) is 4.94. The van der Waals surface area contributed by atoms with Crippen LogP contribution < -0.4 is 0 Å². The summed E-state index contributed by atoms with van der Waals surface area (Å²) >= 11 is 5.85. The van der Waals surface area contributed by atoms with Crippen molar-refractivity contribution in [2.24, 2.45) is 0 Å². The molecule has 4 heteroatoms. The van der Waals surface area contributed by atoms with Crippen LogP contribution in [0.2, 0.25) is 5.02 Å². The van der Waals surface area contributed by atoms with E-state index < -0.39 is 5.97 Å². The van der Waals surface area contributed by atoms with Gasteiger partial charge < -0.3 is 5.11 Å². The lowest BCUT2D eigenvalue weighted by atomic mass is 10.1. The van der Waals surface area contributed by atoms with E-state index >= 15 is 0 Å². The van der Waals surface area contributed by atoms with Crippen LogP contribution in [0.5, 0.6) is 0 Å². The molecule has 0 saturated carbocycles. The maximum Gasteiger partial charge on any atom is 0.307 e. The Balaban J connectivity index is 2.90. The molecule has 1 aromatic carbocycles. The van der Waals surface area contributed by atoms with Gasteiger partial charge in [0.05, 0.1) is 6.42 Å². The first-order chi connectivity index (χ1) is 7.00. The first-order valence-corrected chi connectivity index (χ1v) is 4.72. The fraction of sp³-hybridized carbons (Fsp3) is 0.182. The number of carbonyl (C=O) groups is 1. The Morgan fingerprint density at radius 2 is 2.27 bits per heavy atom. The summed E-state index contributed by atoms with van der Waals surface area (Å²) in [6.07, 6.45) is 2.82. The quantitative estimate of drug-likeness (QED) is 0.862. The highest BCUT2D eigenvalue weighted by Gasteiger charge is 2.03. The van der Waals surface area contributed by atoms with Gasteiger partial charge in [-0.1, -0.05) is 23.8 Å². The van der Waals surface area contributed by atoms with Crippen LogP contribution in [0.4, 0.5) is 4.39 Å². The molecule has 0 fully saturated rings. The summed E-state index contributed by atoms with van der Waals surface area (Å²) in [4.78, 5) is 10.2. The summed E-state index contributed by atoms with van der Waals surface area (Å²) < 4.78 is 13.1. The van der Waals surface area contributed by atoms with Gasteiger partial charge >= 0.3 is 5.97 Å². The zero-order valence-electron chi connectivity index (χ0n) is 8.13. The maximum atomic E-state index is 13.1. The van der Waals surface area contributed by atoms with Crippen LogP contribution in [-0.2, 0) is 4.79 Å². The van der Waals surface area contributed by atoms with Crippen LogP contribution in [0.15, 0.2) is 18.2 Å². The molecule has 1 N–H and O–H groups in total. The monoisotopic (exact) mass is 228 g/mol. The Hall–Kier alpha value is -1.35. The summed E-state index contributed by atoms with van der Waals surface area (Å²) in [5.41, 5.74) is 0.955. The third-order valence-electron chi connectivity index (χ3n) is 1.87. The molecule has 0 saturated heterocycles. The van der Waals surface area contributed by atoms with Gasteiger partial charge in [-0.3, -0.25) is 4.79 Å². The Kier molecular flexibility index (Phi) is 3.86. The van der Waals surface area contributed by atoms with Crippen LogP contribution in [0, 0.1) is 12.7 Å². The molecule has 80 valence electrons. The van der Waals surface area contributed by atoms with Crippen molar-refractivity contribution in [2.75, 3.05) is 0 Å². The minimum Gasteiger partial charge on any atom is -0.481 e. The number of aliphatic carboxylic acids is 1. The number of carboxylic acid groups (broad SMARTS) is 1. The third kappa shape index (κ3) is 3.36. The van der Waals surface area contributed by atoms with Gasteiger partial charge in [0.1, 0.15) is 5.82 Å². The minimum atomic E-state index is -0.935. The highest BCUT2D eigenvalue weighted by atomic mass is 35.5. The first-order valence-electron chi connectivity index (χ1n) is 4.34. The van der Waals surface area contributed by atoms with Crippen molar-refractivity contribution in [3.63, 3.8) is 0 Å². The summed E-state index contributed by atoms with van der Waals surface area (Å²) in [7, 11) is 0. The lowest BCUT2D eigenvalue weighted by Crippen LogP contribution is -1.90. The van der Waals surface area contributed by atoms with Gasteiger partial charge in [-0.05, 0) is 30.2 Å². The molecule has 0 amide bonds. The number of hydrogen-bond acceptors (Lipinski definition) is 1. The number of halogens is 2. The number of hydrogen-bond donors (Lipinski definition) is 1. The molecular weight excluding hydrogens is 219 g/mol. The lowest BCUT2D eigenvalue weighted by Gasteiger charge is -2.01. The summed E-state index contributed by atoms with van der Waals surface area (Å²) in [6, 6.07) is 2.80. The molecule has 0 radical (unpaired) electrons. The van der Waals surface area contributed by atoms with Crippen LogP contribution in [0.1, 0.15) is 17.5 Å². The minimum absolute atomic E-state index is 0.105. The highest BCUT2D eigenvalue weighted by molar-refractivity contribution is 6.32. The van der Waals surface area contributed by atoms with Crippen molar-refractivity contribution < 1.29 is 14.3 Å². The van der Waals surface area contributed by atoms with E-state index in [9.17, 15) is 9.18 Å². The van der Waals surface area contributed by atoms with Gasteiger partial charge in [-0.25, -0.2) is 4.39 Å². The van der Waals surface area contributed by atoms with E-state index in [1.807, 2.05) is 0 Å². The zero-order chi connectivity index (χ0) is 11.4. The molecule has 0 aliphatic carbocycles. The molecule has 0 atom stereocenters. The largest absolute Gasteiger partial charge is 0.481 e. The van der Waals surface area contributed by atoms with Crippen molar-refractivity contribution in [3.8, 4) is 0 Å². The summed E-state index contributed by atoms with van der Waals surface area (Å²) in [6.45, 7) is 1.62. The van der Waals surface area contributed by atoms with Gasteiger partial charge in [0.2, 0.25) is 0 Å². The van der Waals surface area contributed by atoms with E-state index in [4.69, 9.17) is 16.7 Å². The first kappa shape index (κ1) is 11.7. The van der Waals surface area contributed by atoms with E-state index in [1.54, 1.807) is 6.92 Å². The van der Waals surface area contributed by atoms with Crippen LogP contribution in [-0.4, -0.2) is 11.1 Å². The van der Waals surface area contributed by atoms with Crippen molar-refractivity contribution >= 4 is 23.6 Å². The van der Waals surface area contributed by atoms with Crippen molar-refractivity contribution in [1.29, 1.82) is 0 Å². The molecule has 1 rings (SSSR count). The molecular formula is C11H10ClFO2. The Bertz CT molecular complexity index is 413. The fourth-order valence-electron chi connectivity index (χ4n) is 1.08. The maximum absolute atomic E-state index is 13.1. The number of carboxylic acids is 1. The number of aryl methyl sites for hydroxylation is 1. The fourth-order valence-corrected chi connectivity index (χ4v) is 1.36. The topological polar surface area (TPSA) is 37.3 Å². The van der Waals surface area contributed by atoms with Gasteiger partial charge in [-0.15, -0.1) is 0 Å². The molecule has 15 heavy (non-hydrogen) atoms.